The number of hydrogen-bond acceptors (Lipinski definition) is 3. The van der Waals surface area contributed by atoms with Gasteiger partial charge < -0.3 is 14.0 Å². The lowest BCUT2D eigenvalue weighted by Gasteiger charge is -2.44. The Morgan fingerprint density at radius 2 is 1.32 bits per heavy atom. The molecule has 0 aliphatic carbocycles. The molecule has 0 aromatic rings. The van der Waals surface area contributed by atoms with Crippen molar-refractivity contribution in [1.82, 2.24) is 0 Å². The monoisotopic (exact) mass is 386 g/mol. The standard InChI is InChI=1S/C20H42O3Si2/c1-12-17(22-24(8,9)19(2,3)4)18(15-13-14-16-21)23-25(10,11)20(5,6)7/h1,17-18,21H,13-16H2,2-11H3/t17-,18+/m1/s1. The molecule has 0 fully saturated rings. The highest BCUT2D eigenvalue weighted by atomic mass is 28.4. The Morgan fingerprint density at radius 3 is 1.68 bits per heavy atom. The summed E-state index contributed by atoms with van der Waals surface area (Å²) >= 11 is 0. The molecule has 0 saturated carbocycles. The van der Waals surface area contributed by atoms with Crippen molar-refractivity contribution in [2.45, 2.75) is 109 Å². The lowest BCUT2D eigenvalue weighted by molar-refractivity contribution is 0.0602. The van der Waals surface area contributed by atoms with Gasteiger partial charge in [0.15, 0.2) is 16.6 Å². The summed E-state index contributed by atoms with van der Waals surface area (Å²) in [5, 5.41) is 9.36. The maximum absolute atomic E-state index is 9.13. The number of hydrogen-bond donors (Lipinski definition) is 1. The Kier molecular flexibility index (Phi) is 9.14. The van der Waals surface area contributed by atoms with Crippen molar-refractivity contribution in [3.63, 3.8) is 0 Å². The summed E-state index contributed by atoms with van der Waals surface area (Å²) < 4.78 is 13.2. The second kappa shape index (κ2) is 9.19. The smallest absolute Gasteiger partial charge is 0.193 e. The van der Waals surface area contributed by atoms with Gasteiger partial charge in [-0.3, -0.25) is 0 Å². The first-order valence-corrected chi connectivity index (χ1v) is 15.3. The highest BCUT2D eigenvalue weighted by molar-refractivity contribution is 6.74. The molecule has 0 heterocycles. The summed E-state index contributed by atoms with van der Waals surface area (Å²) in [6.45, 7) is 22.6. The number of rotatable bonds is 9. The van der Waals surface area contributed by atoms with Crippen LogP contribution >= 0.6 is 0 Å². The van der Waals surface area contributed by atoms with Gasteiger partial charge in [0.2, 0.25) is 0 Å². The van der Waals surface area contributed by atoms with E-state index in [0.29, 0.717) is 0 Å². The third-order valence-electron chi connectivity index (χ3n) is 5.88. The van der Waals surface area contributed by atoms with Gasteiger partial charge in [-0.2, -0.15) is 0 Å². The summed E-state index contributed by atoms with van der Waals surface area (Å²) in [4.78, 5) is 0. The van der Waals surface area contributed by atoms with Gasteiger partial charge in [0.25, 0.3) is 0 Å². The van der Waals surface area contributed by atoms with E-state index in [4.69, 9.17) is 20.4 Å². The minimum absolute atomic E-state index is 0.105. The van der Waals surface area contributed by atoms with Crippen LogP contribution in [0, 0.1) is 12.3 Å². The summed E-state index contributed by atoms with van der Waals surface area (Å²) in [7, 11) is -3.93. The minimum Gasteiger partial charge on any atom is -0.410 e. The summed E-state index contributed by atoms with van der Waals surface area (Å²) in [6, 6.07) is 0. The molecule has 0 amide bonds. The van der Waals surface area contributed by atoms with Crippen LogP contribution in [0.3, 0.4) is 0 Å². The van der Waals surface area contributed by atoms with Crippen LogP contribution in [-0.2, 0) is 8.85 Å². The maximum Gasteiger partial charge on any atom is 0.193 e. The third kappa shape index (κ3) is 7.56. The molecule has 0 unspecified atom stereocenters. The number of terminal acetylenes is 1. The molecule has 0 aliphatic rings. The van der Waals surface area contributed by atoms with Crippen molar-refractivity contribution in [3.05, 3.63) is 0 Å². The van der Waals surface area contributed by atoms with Gasteiger partial charge in [-0.1, -0.05) is 47.5 Å². The Hall–Kier alpha value is -0.126. The fraction of sp³-hybridized carbons (Fsp3) is 0.900. The molecule has 1 N–H and O–H groups in total. The van der Waals surface area contributed by atoms with Gasteiger partial charge in [-0.25, -0.2) is 0 Å². The molecule has 0 saturated heterocycles. The molecule has 2 atom stereocenters. The second-order valence-corrected chi connectivity index (χ2v) is 19.6. The normalized spacial score (nSPS) is 16.4. The van der Waals surface area contributed by atoms with Crippen LogP contribution in [0.15, 0.2) is 0 Å². The SMILES string of the molecule is C#C[C@@H](O[Si](C)(C)C(C)(C)C)[C@H](CCCCO)O[Si](C)(C)C(C)(C)C. The molecule has 0 bridgehead atoms. The molecular weight excluding hydrogens is 344 g/mol. The fourth-order valence-electron chi connectivity index (χ4n) is 2.00. The van der Waals surface area contributed by atoms with Crippen molar-refractivity contribution in [3.8, 4) is 12.3 Å². The molecule has 148 valence electrons. The van der Waals surface area contributed by atoms with Crippen molar-refractivity contribution >= 4 is 16.6 Å². The Balaban J connectivity index is 5.45. The highest BCUT2D eigenvalue weighted by Gasteiger charge is 2.44. The third-order valence-corrected chi connectivity index (χ3v) is 14.8. The molecule has 0 aromatic carbocycles. The van der Waals surface area contributed by atoms with Gasteiger partial charge in [0.05, 0.1) is 6.10 Å². The van der Waals surface area contributed by atoms with Crippen LogP contribution in [0.2, 0.25) is 36.3 Å². The lowest BCUT2D eigenvalue weighted by atomic mass is 10.1. The van der Waals surface area contributed by atoms with E-state index in [1.54, 1.807) is 0 Å². The zero-order valence-corrected chi connectivity index (χ0v) is 20.3. The number of aliphatic hydroxyl groups is 1. The maximum atomic E-state index is 9.13. The first-order chi connectivity index (χ1) is 11.1. The van der Waals surface area contributed by atoms with Crippen LogP contribution in [0.5, 0.6) is 0 Å². The van der Waals surface area contributed by atoms with Gasteiger partial charge in [0, 0.05) is 6.61 Å². The highest BCUT2D eigenvalue weighted by Crippen LogP contribution is 2.40. The molecule has 25 heavy (non-hydrogen) atoms. The predicted octanol–water partition coefficient (Wildman–Crippen LogP) is 5.56. The first-order valence-electron chi connectivity index (χ1n) is 9.51. The summed E-state index contributed by atoms with van der Waals surface area (Å²) in [5.74, 6) is 2.88. The van der Waals surface area contributed by atoms with Crippen molar-refractivity contribution < 1.29 is 14.0 Å². The van der Waals surface area contributed by atoms with E-state index in [2.05, 4.69) is 73.7 Å². The summed E-state index contributed by atoms with van der Waals surface area (Å²) in [6.07, 6.45) is 7.96. The molecule has 0 rings (SSSR count). The van der Waals surface area contributed by atoms with Crippen LogP contribution in [0.25, 0.3) is 0 Å². The zero-order chi connectivity index (χ0) is 20.1. The molecule has 0 aliphatic heterocycles. The van der Waals surface area contributed by atoms with E-state index >= 15 is 0 Å². The van der Waals surface area contributed by atoms with Crippen molar-refractivity contribution in [1.29, 1.82) is 0 Å². The second-order valence-electron chi connectivity index (χ2n) is 10.1. The fourth-order valence-corrected chi connectivity index (χ4v) is 4.56. The van der Waals surface area contributed by atoms with Crippen LogP contribution in [-0.4, -0.2) is 40.6 Å². The van der Waals surface area contributed by atoms with E-state index in [1.165, 1.54) is 0 Å². The Bertz CT molecular complexity index is 439. The first kappa shape index (κ1) is 24.9. The van der Waals surface area contributed by atoms with E-state index in [0.717, 1.165) is 19.3 Å². The quantitative estimate of drug-likeness (QED) is 0.320. The number of unbranched alkanes of at least 4 members (excludes halogenated alkanes) is 1. The van der Waals surface area contributed by atoms with Gasteiger partial charge in [-0.15, -0.1) is 6.42 Å². The van der Waals surface area contributed by atoms with E-state index < -0.39 is 16.6 Å². The lowest BCUT2D eigenvalue weighted by Crippen LogP contribution is -2.51. The van der Waals surface area contributed by atoms with Crippen molar-refractivity contribution in [2.24, 2.45) is 0 Å². The molecule has 3 nitrogen and oxygen atoms in total. The van der Waals surface area contributed by atoms with Crippen molar-refractivity contribution in [2.75, 3.05) is 6.61 Å². The molecule has 0 aromatic heterocycles. The van der Waals surface area contributed by atoms with Crippen LogP contribution in [0.1, 0.15) is 60.8 Å². The number of aliphatic hydroxyl groups excluding tert-OH is 1. The zero-order valence-electron chi connectivity index (χ0n) is 18.3. The molecule has 0 spiro atoms. The largest absolute Gasteiger partial charge is 0.410 e. The van der Waals surface area contributed by atoms with Gasteiger partial charge in [0.1, 0.15) is 6.10 Å². The van der Waals surface area contributed by atoms with Crippen LogP contribution < -0.4 is 0 Å². The average molecular weight is 387 g/mol. The predicted molar refractivity (Wildman–Crippen MR) is 114 cm³/mol. The van der Waals surface area contributed by atoms with E-state index in [1.807, 2.05) is 0 Å². The summed E-state index contributed by atoms with van der Waals surface area (Å²) in [5.41, 5.74) is 0. The Labute approximate surface area is 159 Å². The average Bonchev–Trinajstić information content (AvgIpc) is 2.41. The van der Waals surface area contributed by atoms with E-state index in [-0.39, 0.29) is 28.9 Å². The van der Waals surface area contributed by atoms with Crippen LogP contribution in [0.4, 0.5) is 0 Å². The molecule has 0 radical (unpaired) electrons. The van der Waals surface area contributed by atoms with Gasteiger partial charge >= 0.3 is 0 Å². The Morgan fingerprint density at radius 1 is 0.880 bits per heavy atom. The molecule has 5 heteroatoms. The topological polar surface area (TPSA) is 38.7 Å². The van der Waals surface area contributed by atoms with E-state index in [9.17, 15) is 0 Å². The van der Waals surface area contributed by atoms with Gasteiger partial charge in [-0.05, 0) is 55.5 Å². The minimum atomic E-state index is -1.98. The molecular formula is C20H42O3Si2.